The van der Waals surface area contributed by atoms with Gasteiger partial charge in [0.05, 0.1) is 11.6 Å². The molecule has 3 heterocycles. The first-order valence-electron chi connectivity index (χ1n) is 9.96. The second-order valence-electron chi connectivity index (χ2n) is 7.59. The molecule has 3 N–H and O–H groups in total. The zero-order valence-electron chi connectivity index (χ0n) is 16.7. The van der Waals surface area contributed by atoms with Crippen LogP contribution in [0.25, 0.3) is 6.08 Å². The summed E-state index contributed by atoms with van der Waals surface area (Å²) < 4.78 is 0. The Balaban J connectivity index is 1.31. The fourth-order valence-corrected chi connectivity index (χ4v) is 3.67. The lowest BCUT2D eigenvalue weighted by Gasteiger charge is -2.34. The van der Waals surface area contributed by atoms with Crippen molar-refractivity contribution in [3.8, 4) is 5.88 Å². The molecule has 0 bridgehead atoms. The van der Waals surface area contributed by atoms with Crippen molar-refractivity contribution in [3.63, 3.8) is 0 Å². The molecule has 1 saturated heterocycles. The molecule has 1 aromatic heterocycles. The number of piperazine rings is 1. The summed E-state index contributed by atoms with van der Waals surface area (Å²) in [4.78, 5) is 12.1. The van der Waals surface area contributed by atoms with Gasteiger partial charge in [-0.2, -0.15) is 15.2 Å². The van der Waals surface area contributed by atoms with Crippen LogP contribution in [-0.2, 0) is 0 Å². The maximum atomic E-state index is 10.2. The lowest BCUT2D eigenvalue weighted by Crippen LogP contribution is -2.44. The highest BCUT2D eigenvalue weighted by atomic mass is 16.3. The summed E-state index contributed by atoms with van der Waals surface area (Å²) >= 11 is 0. The summed E-state index contributed by atoms with van der Waals surface area (Å²) in [6.07, 6.45) is 3.56. The van der Waals surface area contributed by atoms with Crippen molar-refractivity contribution in [1.82, 2.24) is 14.9 Å². The van der Waals surface area contributed by atoms with Gasteiger partial charge in [0, 0.05) is 43.1 Å². The Bertz CT molecular complexity index is 1210. The van der Waals surface area contributed by atoms with Gasteiger partial charge in [0.15, 0.2) is 0 Å². The fourth-order valence-electron chi connectivity index (χ4n) is 3.67. The highest BCUT2D eigenvalue weighted by Crippen LogP contribution is 2.23. The summed E-state index contributed by atoms with van der Waals surface area (Å²) in [5, 5.41) is 23.2. The Morgan fingerprint density at radius 3 is 2.67 bits per heavy atom. The van der Waals surface area contributed by atoms with E-state index in [-0.39, 0.29) is 5.88 Å². The summed E-state index contributed by atoms with van der Waals surface area (Å²) in [5.74, 6) is 0.439. The first kappa shape index (κ1) is 18.4. The molecule has 2 aliphatic rings. The minimum Gasteiger partial charge on any atom is -0.492 e. The standard InChI is InChI=1S/C22H23N7O/c1-28-8-10-29(11-9-28)18-5-3-17(4-6-18)24-22-25-20(21(30)26-22)13-15-2-7-19-16(12-15)14-23-27-19/h2-7,12-14,30H,8-11H2,1H3,(H2,24,25,26)/b15-13+. The number of fused-ring (bicyclic) bond motifs is 1. The van der Waals surface area contributed by atoms with E-state index in [9.17, 15) is 5.11 Å². The van der Waals surface area contributed by atoms with E-state index < -0.39 is 0 Å². The average Bonchev–Trinajstić information content (AvgIpc) is 3.35. The highest BCUT2D eigenvalue weighted by molar-refractivity contribution is 5.80. The third-order valence-electron chi connectivity index (χ3n) is 5.44. The minimum absolute atomic E-state index is 0.0505. The molecule has 8 nitrogen and oxygen atoms in total. The lowest BCUT2D eigenvalue weighted by atomic mass is 10.2. The molecule has 2 aliphatic heterocycles. The fraction of sp³-hybridized carbons (Fsp3) is 0.227. The van der Waals surface area contributed by atoms with Crippen molar-refractivity contribution in [3.05, 3.63) is 64.3 Å². The summed E-state index contributed by atoms with van der Waals surface area (Å²) in [6, 6.07) is 14.1. The van der Waals surface area contributed by atoms with E-state index in [1.807, 2.05) is 36.4 Å². The molecule has 0 unspecified atom stereocenters. The Kier molecular flexibility index (Phi) is 4.68. The Morgan fingerprint density at radius 2 is 1.87 bits per heavy atom. The topological polar surface area (TPSA) is 92.1 Å². The van der Waals surface area contributed by atoms with Crippen LogP contribution < -0.4 is 20.8 Å². The van der Waals surface area contributed by atoms with Crippen LogP contribution in [0.15, 0.2) is 52.7 Å². The van der Waals surface area contributed by atoms with E-state index in [1.165, 1.54) is 5.69 Å². The van der Waals surface area contributed by atoms with Crippen molar-refractivity contribution in [2.45, 2.75) is 0 Å². The van der Waals surface area contributed by atoms with E-state index in [0.717, 1.165) is 48.0 Å². The van der Waals surface area contributed by atoms with Crippen LogP contribution in [0.1, 0.15) is 11.3 Å². The largest absolute Gasteiger partial charge is 0.492 e. The summed E-state index contributed by atoms with van der Waals surface area (Å²) in [6.45, 7) is 4.24. The van der Waals surface area contributed by atoms with Crippen LogP contribution in [0.2, 0.25) is 0 Å². The molecule has 152 valence electrons. The van der Waals surface area contributed by atoms with Crippen LogP contribution in [0, 0.1) is 0 Å². The molecule has 2 aromatic carbocycles. The number of benzene rings is 2. The first-order valence-corrected chi connectivity index (χ1v) is 9.96. The summed E-state index contributed by atoms with van der Waals surface area (Å²) in [5.41, 5.74) is 3.63. The molecule has 5 rings (SSSR count). The Morgan fingerprint density at radius 1 is 1.07 bits per heavy atom. The van der Waals surface area contributed by atoms with E-state index in [4.69, 9.17) is 0 Å². The van der Waals surface area contributed by atoms with E-state index >= 15 is 0 Å². The van der Waals surface area contributed by atoms with E-state index in [0.29, 0.717) is 11.6 Å². The van der Waals surface area contributed by atoms with Gasteiger partial charge >= 0.3 is 0 Å². The van der Waals surface area contributed by atoms with Crippen LogP contribution in [-0.4, -0.2) is 59.4 Å². The molecular formula is C22H23N7O. The first-order chi connectivity index (χ1) is 14.6. The predicted molar refractivity (Wildman–Crippen MR) is 118 cm³/mol. The maximum absolute atomic E-state index is 10.2. The SMILES string of the molecule is CN1CCN(c2ccc(Nc3nc(O)c(/C=c4\ccc5c(c4)C=NN=5)[nH]3)cc2)CC1. The van der Waals surface area contributed by atoms with Crippen LogP contribution in [0.4, 0.5) is 17.3 Å². The second-order valence-corrected chi connectivity index (χ2v) is 7.59. The number of likely N-dealkylation sites (N-methyl/N-ethyl adjacent to an activating group) is 1. The van der Waals surface area contributed by atoms with Crippen molar-refractivity contribution in [2.24, 2.45) is 10.2 Å². The van der Waals surface area contributed by atoms with Crippen molar-refractivity contribution >= 4 is 29.6 Å². The van der Waals surface area contributed by atoms with Gasteiger partial charge in [-0.25, -0.2) is 0 Å². The monoisotopic (exact) mass is 401 g/mol. The number of aromatic nitrogens is 2. The number of hydrogen-bond acceptors (Lipinski definition) is 7. The molecule has 0 amide bonds. The number of anilines is 3. The van der Waals surface area contributed by atoms with Crippen molar-refractivity contribution in [1.29, 1.82) is 0 Å². The number of nitrogens with zero attached hydrogens (tertiary/aromatic N) is 5. The minimum atomic E-state index is -0.0505. The quantitative estimate of drug-likeness (QED) is 0.615. The highest BCUT2D eigenvalue weighted by Gasteiger charge is 2.14. The number of hydrogen-bond donors (Lipinski definition) is 3. The molecule has 3 aromatic rings. The predicted octanol–water partition coefficient (Wildman–Crippen LogP) is 1.41. The molecule has 0 aliphatic carbocycles. The van der Waals surface area contributed by atoms with Gasteiger partial charge < -0.3 is 25.2 Å². The smallest absolute Gasteiger partial charge is 0.238 e. The number of H-pyrrole nitrogens is 1. The van der Waals surface area contributed by atoms with Gasteiger partial charge in [0.2, 0.25) is 11.8 Å². The van der Waals surface area contributed by atoms with Gasteiger partial charge in [-0.1, -0.05) is 6.07 Å². The number of aromatic hydroxyl groups is 1. The molecule has 30 heavy (non-hydrogen) atoms. The van der Waals surface area contributed by atoms with Gasteiger partial charge in [0.1, 0.15) is 5.69 Å². The molecular weight excluding hydrogens is 378 g/mol. The van der Waals surface area contributed by atoms with Crippen LogP contribution in [0.3, 0.4) is 0 Å². The van der Waals surface area contributed by atoms with Crippen molar-refractivity contribution in [2.75, 3.05) is 43.4 Å². The molecule has 0 saturated carbocycles. The lowest BCUT2D eigenvalue weighted by molar-refractivity contribution is 0.313. The number of rotatable bonds is 4. The summed E-state index contributed by atoms with van der Waals surface area (Å²) in [7, 11) is 2.16. The van der Waals surface area contributed by atoms with E-state index in [1.54, 1.807) is 6.21 Å². The van der Waals surface area contributed by atoms with Crippen LogP contribution >= 0.6 is 0 Å². The number of nitrogens with one attached hydrogen (secondary N) is 2. The third kappa shape index (κ3) is 3.77. The molecule has 0 radical (unpaired) electrons. The molecule has 0 atom stereocenters. The van der Waals surface area contributed by atoms with Crippen molar-refractivity contribution < 1.29 is 5.11 Å². The van der Waals surface area contributed by atoms with Gasteiger partial charge in [-0.15, -0.1) is 0 Å². The second kappa shape index (κ2) is 7.64. The van der Waals surface area contributed by atoms with Gasteiger partial charge in [-0.05, 0) is 54.7 Å². The average molecular weight is 401 g/mol. The molecule has 0 spiro atoms. The zero-order valence-corrected chi connectivity index (χ0v) is 16.7. The normalized spacial score (nSPS) is 16.6. The van der Waals surface area contributed by atoms with Gasteiger partial charge in [-0.3, -0.25) is 0 Å². The van der Waals surface area contributed by atoms with Gasteiger partial charge in [0.25, 0.3) is 0 Å². The molecule has 1 fully saturated rings. The zero-order chi connectivity index (χ0) is 20.5. The third-order valence-corrected chi connectivity index (χ3v) is 5.44. The number of aromatic amines is 1. The van der Waals surface area contributed by atoms with Crippen LogP contribution in [0.5, 0.6) is 5.88 Å². The Labute approximate surface area is 173 Å². The maximum Gasteiger partial charge on any atom is 0.238 e. The number of imidazole rings is 1. The van der Waals surface area contributed by atoms with E-state index in [2.05, 4.69) is 54.5 Å². The Hall–Kier alpha value is -3.65. The molecule has 8 heteroatoms.